The molecule has 1 atom stereocenters. The Morgan fingerprint density at radius 2 is 1.85 bits per heavy atom. The highest BCUT2D eigenvalue weighted by Gasteiger charge is 2.19. The summed E-state index contributed by atoms with van der Waals surface area (Å²) in [7, 11) is 0. The number of anilines is 1. The van der Waals surface area contributed by atoms with Gasteiger partial charge in [0.1, 0.15) is 11.6 Å². The SMILES string of the molecule is Cc1cc(C)cc(-n2ccnc2SC(C)C(=O)Nc2ccc(F)cc2F)c1. The van der Waals surface area contributed by atoms with Crippen LogP contribution in [-0.2, 0) is 4.79 Å². The van der Waals surface area contributed by atoms with E-state index in [1.807, 2.05) is 36.7 Å². The van der Waals surface area contributed by atoms with E-state index >= 15 is 0 Å². The second-order valence-electron chi connectivity index (χ2n) is 6.30. The van der Waals surface area contributed by atoms with Crippen molar-refractivity contribution in [3.05, 3.63) is 71.6 Å². The molecule has 0 aliphatic heterocycles. The lowest BCUT2D eigenvalue weighted by molar-refractivity contribution is -0.115. The molecule has 7 heteroatoms. The minimum atomic E-state index is -0.808. The molecule has 0 bridgehead atoms. The van der Waals surface area contributed by atoms with Crippen LogP contribution in [-0.4, -0.2) is 20.7 Å². The van der Waals surface area contributed by atoms with Gasteiger partial charge in [0.2, 0.25) is 5.91 Å². The first-order chi connectivity index (χ1) is 12.8. The van der Waals surface area contributed by atoms with Gasteiger partial charge in [-0.1, -0.05) is 17.8 Å². The number of hydrogen-bond donors (Lipinski definition) is 1. The first-order valence-corrected chi connectivity index (χ1v) is 9.26. The van der Waals surface area contributed by atoms with Crippen molar-refractivity contribution in [2.75, 3.05) is 5.32 Å². The number of aromatic nitrogens is 2. The summed E-state index contributed by atoms with van der Waals surface area (Å²) in [6, 6.07) is 9.20. The van der Waals surface area contributed by atoms with Crippen LogP contribution >= 0.6 is 11.8 Å². The van der Waals surface area contributed by atoms with Gasteiger partial charge in [0.05, 0.1) is 10.9 Å². The lowest BCUT2D eigenvalue weighted by Gasteiger charge is -2.14. The summed E-state index contributed by atoms with van der Waals surface area (Å²) in [6.07, 6.45) is 3.51. The van der Waals surface area contributed by atoms with Crippen LogP contribution in [0.2, 0.25) is 0 Å². The van der Waals surface area contributed by atoms with E-state index < -0.39 is 16.9 Å². The number of carbonyl (C=O) groups is 1. The number of thioether (sulfide) groups is 1. The Morgan fingerprint density at radius 1 is 1.15 bits per heavy atom. The average Bonchev–Trinajstić information content (AvgIpc) is 3.04. The predicted octanol–water partition coefficient (Wildman–Crippen LogP) is 4.89. The third kappa shape index (κ3) is 4.54. The van der Waals surface area contributed by atoms with Crippen LogP contribution in [0.5, 0.6) is 0 Å². The molecule has 0 aliphatic rings. The Hall–Kier alpha value is -2.67. The second kappa shape index (κ2) is 7.92. The minimum Gasteiger partial charge on any atom is -0.323 e. The number of nitrogens with zero attached hydrogens (tertiary/aromatic N) is 2. The van der Waals surface area contributed by atoms with E-state index in [0.717, 1.165) is 28.9 Å². The number of carbonyl (C=O) groups excluding carboxylic acids is 1. The van der Waals surface area contributed by atoms with E-state index in [2.05, 4.69) is 16.4 Å². The van der Waals surface area contributed by atoms with E-state index in [4.69, 9.17) is 0 Å². The molecule has 0 saturated carbocycles. The summed E-state index contributed by atoms with van der Waals surface area (Å²) < 4.78 is 28.6. The number of amides is 1. The fourth-order valence-electron chi connectivity index (χ4n) is 2.70. The molecule has 0 aliphatic carbocycles. The molecule has 3 aromatic rings. The van der Waals surface area contributed by atoms with E-state index in [1.54, 1.807) is 13.1 Å². The molecule has 0 spiro atoms. The molecule has 0 fully saturated rings. The van der Waals surface area contributed by atoms with Gasteiger partial charge in [0.25, 0.3) is 0 Å². The molecule has 2 aromatic carbocycles. The molecule has 27 heavy (non-hydrogen) atoms. The highest BCUT2D eigenvalue weighted by atomic mass is 32.2. The zero-order valence-electron chi connectivity index (χ0n) is 15.2. The molecule has 1 amide bonds. The minimum absolute atomic E-state index is 0.0495. The van der Waals surface area contributed by atoms with Gasteiger partial charge in [0, 0.05) is 24.1 Å². The standard InChI is InChI=1S/C20H19F2N3OS/c1-12-8-13(2)10-16(9-12)25-7-6-23-20(25)27-14(3)19(26)24-18-5-4-15(21)11-17(18)22/h4-11,14H,1-3H3,(H,24,26). The predicted molar refractivity (Wildman–Crippen MR) is 103 cm³/mol. The summed E-state index contributed by atoms with van der Waals surface area (Å²) in [5.41, 5.74) is 3.18. The highest BCUT2D eigenvalue weighted by Crippen LogP contribution is 2.26. The van der Waals surface area contributed by atoms with Crippen LogP contribution in [0.3, 0.4) is 0 Å². The van der Waals surface area contributed by atoms with Crippen molar-refractivity contribution in [2.45, 2.75) is 31.2 Å². The molecule has 1 unspecified atom stereocenters. The quantitative estimate of drug-likeness (QED) is 0.634. The molecule has 140 valence electrons. The molecule has 0 saturated heterocycles. The van der Waals surface area contributed by atoms with Gasteiger partial charge in [-0.05, 0) is 56.2 Å². The van der Waals surface area contributed by atoms with E-state index in [1.165, 1.54) is 17.8 Å². The summed E-state index contributed by atoms with van der Waals surface area (Å²) in [6.45, 7) is 5.75. The molecular weight excluding hydrogens is 368 g/mol. The van der Waals surface area contributed by atoms with Crippen LogP contribution in [0.25, 0.3) is 5.69 Å². The van der Waals surface area contributed by atoms with E-state index in [-0.39, 0.29) is 11.6 Å². The van der Waals surface area contributed by atoms with Gasteiger partial charge in [-0.3, -0.25) is 9.36 Å². The molecule has 1 aromatic heterocycles. The van der Waals surface area contributed by atoms with Crippen molar-refractivity contribution in [2.24, 2.45) is 0 Å². The zero-order chi connectivity index (χ0) is 19.6. The van der Waals surface area contributed by atoms with Crippen molar-refractivity contribution in [1.82, 2.24) is 9.55 Å². The summed E-state index contributed by atoms with van der Waals surface area (Å²) >= 11 is 1.26. The molecule has 1 N–H and O–H groups in total. The van der Waals surface area contributed by atoms with Crippen LogP contribution < -0.4 is 5.32 Å². The number of nitrogens with one attached hydrogen (secondary N) is 1. The molecule has 3 rings (SSSR count). The van der Waals surface area contributed by atoms with Gasteiger partial charge in [0.15, 0.2) is 5.16 Å². The van der Waals surface area contributed by atoms with Crippen LogP contribution in [0, 0.1) is 25.5 Å². The fourth-order valence-corrected chi connectivity index (χ4v) is 3.58. The van der Waals surface area contributed by atoms with Crippen molar-refractivity contribution in [1.29, 1.82) is 0 Å². The number of aryl methyl sites for hydroxylation is 2. The Bertz CT molecular complexity index is 967. The Kier molecular flexibility index (Phi) is 5.60. The monoisotopic (exact) mass is 387 g/mol. The third-order valence-corrected chi connectivity index (χ3v) is 5.01. The lowest BCUT2D eigenvalue weighted by atomic mass is 10.1. The summed E-state index contributed by atoms with van der Waals surface area (Å²) in [5.74, 6) is -1.89. The van der Waals surface area contributed by atoms with Crippen molar-refractivity contribution in [3.8, 4) is 5.69 Å². The number of halogens is 2. The maximum absolute atomic E-state index is 13.7. The smallest absolute Gasteiger partial charge is 0.237 e. The largest absolute Gasteiger partial charge is 0.323 e. The van der Waals surface area contributed by atoms with E-state index in [0.29, 0.717) is 5.16 Å². The summed E-state index contributed by atoms with van der Waals surface area (Å²) in [4.78, 5) is 16.7. The molecule has 1 heterocycles. The third-order valence-electron chi connectivity index (χ3n) is 3.93. The first-order valence-electron chi connectivity index (χ1n) is 8.38. The average molecular weight is 387 g/mol. The van der Waals surface area contributed by atoms with Gasteiger partial charge in [-0.25, -0.2) is 13.8 Å². The number of imidazole rings is 1. The molecule has 4 nitrogen and oxygen atoms in total. The van der Waals surface area contributed by atoms with Crippen LogP contribution in [0.4, 0.5) is 14.5 Å². The van der Waals surface area contributed by atoms with Gasteiger partial charge >= 0.3 is 0 Å². The van der Waals surface area contributed by atoms with Crippen LogP contribution in [0.1, 0.15) is 18.1 Å². The van der Waals surface area contributed by atoms with Crippen molar-refractivity contribution in [3.63, 3.8) is 0 Å². The molecular formula is C20H19F2N3OS. The highest BCUT2D eigenvalue weighted by molar-refractivity contribution is 8.00. The summed E-state index contributed by atoms with van der Waals surface area (Å²) in [5, 5.41) is 2.62. The van der Waals surface area contributed by atoms with Crippen LogP contribution in [0.15, 0.2) is 53.9 Å². The Morgan fingerprint density at radius 3 is 2.52 bits per heavy atom. The van der Waals surface area contributed by atoms with Crippen molar-refractivity contribution >= 4 is 23.4 Å². The van der Waals surface area contributed by atoms with Crippen molar-refractivity contribution < 1.29 is 13.6 Å². The lowest BCUT2D eigenvalue weighted by Crippen LogP contribution is -2.23. The van der Waals surface area contributed by atoms with Gasteiger partial charge in [-0.2, -0.15) is 0 Å². The van der Waals surface area contributed by atoms with Gasteiger partial charge in [-0.15, -0.1) is 0 Å². The second-order valence-corrected chi connectivity index (χ2v) is 7.61. The topological polar surface area (TPSA) is 46.9 Å². The Balaban J connectivity index is 1.75. The number of rotatable bonds is 5. The van der Waals surface area contributed by atoms with E-state index in [9.17, 15) is 13.6 Å². The maximum Gasteiger partial charge on any atom is 0.237 e. The number of hydrogen-bond acceptors (Lipinski definition) is 3. The first kappa shape index (κ1) is 19.1. The normalized spacial score (nSPS) is 12.0. The maximum atomic E-state index is 13.7. The molecule has 0 radical (unpaired) electrons. The number of benzene rings is 2. The fraction of sp³-hybridized carbons (Fsp3) is 0.200. The van der Waals surface area contributed by atoms with Gasteiger partial charge < -0.3 is 5.32 Å². The zero-order valence-corrected chi connectivity index (χ0v) is 16.0. The Labute approximate surface area is 160 Å².